The minimum Gasteiger partial charge on any atom is -0.339 e. The van der Waals surface area contributed by atoms with Crippen molar-refractivity contribution in [1.29, 1.82) is 0 Å². The van der Waals surface area contributed by atoms with E-state index in [2.05, 4.69) is 15.1 Å². The van der Waals surface area contributed by atoms with Crippen molar-refractivity contribution < 1.29 is 9.32 Å². The quantitative estimate of drug-likeness (QED) is 0.560. The molecule has 1 aliphatic rings. The number of aromatic nitrogens is 4. The fraction of sp³-hybridized carbons (Fsp3) is 0.200. The molecule has 0 unspecified atom stereocenters. The SMILES string of the molecule is O=C(Cn1ccc2ccccc21)N1CC(c2nc(-c3cccnc3)no2)C1. The maximum Gasteiger partial charge on any atom is 0.242 e. The third-order valence-corrected chi connectivity index (χ3v) is 4.93. The van der Waals surface area contributed by atoms with Gasteiger partial charge in [0.25, 0.3) is 0 Å². The number of carbonyl (C=O) groups excluding carboxylic acids is 1. The number of benzene rings is 1. The van der Waals surface area contributed by atoms with Crippen molar-refractivity contribution in [1.82, 2.24) is 24.6 Å². The summed E-state index contributed by atoms with van der Waals surface area (Å²) < 4.78 is 7.37. The minimum absolute atomic E-state index is 0.0910. The summed E-state index contributed by atoms with van der Waals surface area (Å²) in [6.07, 6.45) is 5.36. The van der Waals surface area contributed by atoms with Crippen LogP contribution in [0.5, 0.6) is 0 Å². The van der Waals surface area contributed by atoms with Crippen LogP contribution < -0.4 is 0 Å². The van der Waals surface area contributed by atoms with Gasteiger partial charge >= 0.3 is 0 Å². The van der Waals surface area contributed by atoms with Gasteiger partial charge in [-0.15, -0.1) is 0 Å². The normalized spacial score (nSPS) is 14.4. The summed E-state index contributed by atoms with van der Waals surface area (Å²) >= 11 is 0. The van der Waals surface area contributed by atoms with E-state index in [0.29, 0.717) is 31.3 Å². The Morgan fingerprint density at radius 3 is 2.89 bits per heavy atom. The predicted octanol–water partition coefficient (Wildman–Crippen LogP) is 2.71. The number of pyridine rings is 1. The molecule has 1 aromatic carbocycles. The molecule has 0 bridgehead atoms. The zero-order valence-corrected chi connectivity index (χ0v) is 14.5. The second kappa shape index (κ2) is 6.35. The van der Waals surface area contributed by atoms with E-state index >= 15 is 0 Å². The van der Waals surface area contributed by atoms with Crippen LogP contribution in [0.1, 0.15) is 11.8 Å². The number of amides is 1. The van der Waals surface area contributed by atoms with Gasteiger partial charge < -0.3 is 14.0 Å². The van der Waals surface area contributed by atoms with E-state index in [9.17, 15) is 4.79 Å². The van der Waals surface area contributed by atoms with Crippen molar-refractivity contribution in [3.05, 3.63) is 66.9 Å². The summed E-state index contributed by atoms with van der Waals surface area (Å²) in [5.41, 5.74) is 1.89. The molecule has 0 spiro atoms. The average molecular weight is 359 g/mol. The molecular weight excluding hydrogens is 342 g/mol. The Bertz CT molecular complexity index is 1100. The lowest BCUT2D eigenvalue weighted by atomic mass is 10.00. The van der Waals surface area contributed by atoms with Gasteiger partial charge in [-0.25, -0.2) is 0 Å². The van der Waals surface area contributed by atoms with Gasteiger partial charge in [0.2, 0.25) is 17.6 Å². The van der Waals surface area contributed by atoms with E-state index in [1.54, 1.807) is 12.4 Å². The molecule has 1 amide bonds. The second-order valence-corrected chi connectivity index (χ2v) is 6.70. The smallest absolute Gasteiger partial charge is 0.242 e. The fourth-order valence-corrected chi connectivity index (χ4v) is 3.38. The van der Waals surface area contributed by atoms with Crippen LogP contribution >= 0.6 is 0 Å². The number of nitrogens with zero attached hydrogens (tertiary/aromatic N) is 5. The predicted molar refractivity (Wildman–Crippen MR) is 98.8 cm³/mol. The van der Waals surface area contributed by atoms with Crippen LogP contribution in [0.4, 0.5) is 0 Å². The topological polar surface area (TPSA) is 77.1 Å². The Labute approximate surface area is 155 Å². The molecule has 0 saturated carbocycles. The van der Waals surface area contributed by atoms with Gasteiger partial charge in [0.15, 0.2) is 0 Å². The molecule has 4 heterocycles. The highest BCUT2D eigenvalue weighted by atomic mass is 16.5. The Hall–Kier alpha value is -3.48. The van der Waals surface area contributed by atoms with Gasteiger partial charge in [0, 0.05) is 42.8 Å². The summed E-state index contributed by atoms with van der Waals surface area (Å²) in [6.45, 7) is 1.55. The number of rotatable bonds is 4. The maximum atomic E-state index is 12.6. The standard InChI is InChI=1S/C20H17N5O2/c26-18(13-24-9-7-14-4-1-2-6-17(14)24)25-11-16(12-25)20-22-19(23-27-20)15-5-3-8-21-10-15/h1-10,16H,11-13H2. The number of carbonyl (C=O) groups is 1. The molecule has 5 rings (SSSR count). The average Bonchev–Trinajstić information content (AvgIpc) is 3.29. The number of hydrogen-bond donors (Lipinski definition) is 0. The Balaban J connectivity index is 1.23. The molecule has 0 atom stereocenters. The highest BCUT2D eigenvalue weighted by Gasteiger charge is 2.35. The Kier molecular flexibility index (Phi) is 3.71. The number of likely N-dealkylation sites (tertiary alicyclic amines) is 1. The van der Waals surface area contributed by atoms with Gasteiger partial charge in [0.1, 0.15) is 6.54 Å². The Morgan fingerprint density at radius 2 is 2.04 bits per heavy atom. The van der Waals surface area contributed by atoms with E-state index in [1.165, 1.54) is 0 Å². The molecule has 3 aromatic heterocycles. The van der Waals surface area contributed by atoms with Crippen LogP contribution in [0.2, 0.25) is 0 Å². The Morgan fingerprint density at radius 1 is 1.15 bits per heavy atom. The number of fused-ring (bicyclic) bond motifs is 1. The molecule has 0 aliphatic carbocycles. The summed E-state index contributed by atoms with van der Waals surface area (Å²) in [7, 11) is 0. The van der Waals surface area contributed by atoms with E-state index in [0.717, 1.165) is 16.5 Å². The largest absolute Gasteiger partial charge is 0.339 e. The molecule has 7 heteroatoms. The number of para-hydroxylation sites is 1. The zero-order valence-electron chi connectivity index (χ0n) is 14.5. The summed E-state index contributed by atoms with van der Waals surface area (Å²) in [4.78, 5) is 22.9. The molecule has 134 valence electrons. The molecule has 0 radical (unpaired) electrons. The highest BCUT2D eigenvalue weighted by molar-refractivity contribution is 5.83. The van der Waals surface area contributed by atoms with Gasteiger partial charge in [-0.1, -0.05) is 23.4 Å². The molecule has 27 heavy (non-hydrogen) atoms. The van der Waals surface area contributed by atoms with Gasteiger partial charge in [-0.3, -0.25) is 9.78 Å². The molecule has 7 nitrogen and oxygen atoms in total. The van der Waals surface area contributed by atoms with Crippen molar-refractivity contribution in [2.75, 3.05) is 13.1 Å². The lowest BCUT2D eigenvalue weighted by molar-refractivity contribution is -0.136. The fourth-order valence-electron chi connectivity index (χ4n) is 3.38. The third-order valence-electron chi connectivity index (χ3n) is 4.93. The third kappa shape index (κ3) is 2.87. The molecular formula is C20H17N5O2. The van der Waals surface area contributed by atoms with E-state index in [-0.39, 0.29) is 11.8 Å². The summed E-state index contributed by atoms with van der Waals surface area (Å²) in [5.74, 6) is 1.29. The lowest BCUT2D eigenvalue weighted by Crippen LogP contribution is -2.49. The van der Waals surface area contributed by atoms with Crippen molar-refractivity contribution >= 4 is 16.8 Å². The first-order valence-electron chi connectivity index (χ1n) is 8.83. The summed E-state index contributed by atoms with van der Waals surface area (Å²) in [5, 5.41) is 5.16. The van der Waals surface area contributed by atoms with Crippen LogP contribution in [0.25, 0.3) is 22.3 Å². The van der Waals surface area contributed by atoms with E-state index in [4.69, 9.17) is 4.52 Å². The first-order valence-corrected chi connectivity index (χ1v) is 8.83. The van der Waals surface area contributed by atoms with Crippen LogP contribution in [0, 0.1) is 0 Å². The first kappa shape index (κ1) is 15.7. The van der Waals surface area contributed by atoms with Crippen molar-refractivity contribution in [2.45, 2.75) is 12.5 Å². The van der Waals surface area contributed by atoms with Crippen LogP contribution in [-0.4, -0.2) is 43.6 Å². The second-order valence-electron chi connectivity index (χ2n) is 6.70. The highest BCUT2D eigenvalue weighted by Crippen LogP contribution is 2.28. The van der Waals surface area contributed by atoms with E-state index < -0.39 is 0 Å². The molecule has 1 saturated heterocycles. The van der Waals surface area contributed by atoms with Crippen molar-refractivity contribution in [3.63, 3.8) is 0 Å². The van der Waals surface area contributed by atoms with Crippen LogP contribution in [-0.2, 0) is 11.3 Å². The molecule has 0 N–H and O–H groups in total. The zero-order chi connectivity index (χ0) is 18.2. The molecule has 1 aliphatic heterocycles. The molecule has 4 aromatic rings. The maximum absolute atomic E-state index is 12.6. The first-order chi connectivity index (χ1) is 13.3. The minimum atomic E-state index is 0.0910. The van der Waals surface area contributed by atoms with Crippen molar-refractivity contribution in [2.24, 2.45) is 0 Å². The lowest BCUT2D eigenvalue weighted by Gasteiger charge is -2.37. The molecule has 1 fully saturated rings. The summed E-state index contributed by atoms with van der Waals surface area (Å²) in [6, 6.07) is 13.8. The van der Waals surface area contributed by atoms with Crippen LogP contribution in [0.15, 0.2) is 65.6 Å². The van der Waals surface area contributed by atoms with Crippen LogP contribution in [0.3, 0.4) is 0 Å². The van der Waals surface area contributed by atoms with Gasteiger partial charge in [-0.2, -0.15) is 4.98 Å². The van der Waals surface area contributed by atoms with Gasteiger partial charge in [0.05, 0.1) is 5.92 Å². The monoisotopic (exact) mass is 359 g/mol. The van der Waals surface area contributed by atoms with Crippen molar-refractivity contribution in [3.8, 4) is 11.4 Å². The van der Waals surface area contributed by atoms with Gasteiger partial charge in [-0.05, 0) is 29.7 Å². The number of hydrogen-bond acceptors (Lipinski definition) is 5. The van der Waals surface area contributed by atoms with E-state index in [1.807, 2.05) is 58.1 Å².